The Kier molecular flexibility index (Phi) is 3.29. The summed E-state index contributed by atoms with van der Waals surface area (Å²) in [7, 11) is 0. The van der Waals surface area contributed by atoms with Crippen LogP contribution in [-0.2, 0) is 4.84 Å². The monoisotopic (exact) mass is 161 g/mol. The molecule has 0 aromatic rings. The van der Waals surface area contributed by atoms with Gasteiger partial charge in [0.1, 0.15) is 6.10 Å². The van der Waals surface area contributed by atoms with Crippen molar-refractivity contribution in [1.82, 2.24) is 0 Å². The molecule has 0 aliphatic heterocycles. The van der Waals surface area contributed by atoms with Gasteiger partial charge in [-0.2, -0.15) is 0 Å². The first-order valence-corrected chi connectivity index (χ1v) is 3.69. The van der Waals surface area contributed by atoms with Crippen LogP contribution in [0.5, 0.6) is 0 Å². The molecular formula is C7H15NO3. The fraction of sp³-hybridized carbons (Fsp3) is 1.00. The van der Waals surface area contributed by atoms with E-state index in [1.165, 1.54) is 0 Å². The van der Waals surface area contributed by atoms with Gasteiger partial charge in [-0.15, -0.1) is 10.1 Å². The van der Waals surface area contributed by atoms with Crippen molar-refractivity contribution in [1.29, 1.82) is 0 Å². The van der Waals surface area contributed by atoms with Gasteiger partial charge in [-0.1, -0.05) is 27.7 Å². The minimum Gasteiger partial charge on any atom is -0.310 e. The molecule has 4 nitrogen and oxygen atoms in total. The van der Waals surface area contributed by atoms with Gasteiger partial charge in [-0.3, -0.25) is 0 Å². The predicted octanol–water partition coefficient (Wildman–Crippen LogP) is 2.02. The molecule has 0 spiro atoms. The Labute approximate surface area is 66.6 Å². The molecule has 0 bridgehead atoms. The maximum absolute atomic E-state index is 10.00. The van der Waals surface area contributed by atoms with Gasteiger partial charge < -0.3 is 4.84 Å². The molecule has 1 unspecified atom stereocenters. The summed E-state index contributed by atoms with van der Waals surface area (Å²) in [5.74, 6) is 0. The maximum Gasteiger partial charge on any atom is 0.294 e. The average Bonchev–Trinajstić information content (AvgIpc) is 1.79. The van der Waals surface area contributed by atoms with Crippen molar-refractivity contribution in [2.24, 2.45) is 5.41 Å². The standard InChI is InChI=1S/C7H15NO3/c1-5-6(7(2,3)4)11-8(9)10/h6H,5H2,1-4H3. The van der Waals surface area contributed by atoms with Crippen molar-refractivity contribution in [3.05, 3.63) is 10.1 Å². The van der Waals surface area contributed by atoms with Gasteiger partial charge in [0, 0.05) is 0 Å². The Hall–Kier alpha value is -0.800. The van der Waals surface area contributed by atoms with Crippen LogP contribution in [0.15, 0.2) is 0 Å². The number of hydrogen-bond acceptors (Lipinski definition) is 3. The molecule has 4 heteroatoms. The molecule has 0 radical (unpaired) electrons. The van der Waals surface area contributed by atoms with E-state index in [0.717, 1.165) is 0 Å². The molecule has 0 aliphatic carbocycles. The van der Waals surface area contributed by atoms with Crippen LogP contribution in [0, 0.1) is 15.5 Å². The third-order valence-corrected chi connectivity index (χ3v) is 1.55. The molecule has 1 atom stereocenters. The lowest BCUT2D eigenvalue weighted by atomic mass is 9.88. The van der Waals surface area contributed by atoms with Crippen molar-refractivity contribution in [2.45, 2.75) is 40.2 Å². The van der Waals surface area contributed by atoms with E-state index in [4.69, 9.17) is 0 Å². The van der Waals surface area contributed by atoms with Crippen LogP contribution in [0.2, 0.25) is 0 Å². The van der Waals surface area contributed by atoms with E-state index < -0.39 is 5.09 Å². The molecule has 11 heavy (non-hydrogen) atoms. The van der Waals surface area contributed by atoms with Gasteiger partial charge in [0.25, 0.3) is 5.09 Å². The van der Waals surface area contributed by atoms with Gasteiger partial charge >= 0.3 is 0 Å². The van der Waals surface area contributed by atoms with E-state index >= 15 is 0 Å². The van der Waals surface area contributed by atoms with E-state index in [0.29, 0.717) is 6.42 Å². The maximum atomic E-state index is 10.00. The Morgan fingerprint density at radius 3 is 2.09 bits per heavy atom. The Bertz CT molecular complexity index is 139. The zero-order chi connectivity index (χ0) is 9.07. The quantitative estimate of drug-likeness (QED) is 0.470. The SMILES string of the molecule is CCC(O[N+](=O)[O-])C(C)(C)C. The van der Waals surface area contributed by atoms with Crippen molar-refractivity contribution in [3.63, 3.8) is 0 Å². The minimum absolute atomic E-state index is 0.165. The van der Waals surface area contributed by atoms with Crippen molar-refractivity contribution < 1.29 is 9.92 Å². The summed E-state index contributed by atoms with van der Waals surface area (Å²) in [6.45, 7) is 7.64. The lowest BCUT2D eigenvalue weighted by Gasteiger charge is -2.27. The highest BCUT2D eigenvalue weighted by Gasteiger charge is 2.25. The van der Waals surface area contributed by atoms with E-state index in [-0.39, 0.29) is 11.5 Å². The van der Waals surface area contributed by atoms with E-state index in [2.05, 4.69) is 4.84 Å². The van der Waals surface area contributed by atoms with Gasteiger partial charge in [-0.05, 0) is 11.8 Å². The van der Waals surface area contributed by atoms with E-state index in [9.17, 15) is 10.1 Å². The summed E-state index contributed by atoms with van der Waals surface area (Å²) in [5, 5.41) is 9.28. The second-order valence-corrected chi connectivity index (χ2v) is 3.59. The molecular weight excluding hydrogens is 146 g/mol. The van der Waals surface area contributed by atoms with Gasteiger partial charge in [-0.25, -0.2) is 0 Å². The Balaban J connectivity index is 4.07. The van der Waals surface area contributed by atoms with Gasteiger partial charge in [0.15, 0.2) is 0 Å². The molecule has 0 aromatic carbocycles. The average molecular weight is 161 g/mol. The zero-order valence-corrected chi connectivity index (χ0v) is 7.46. The largest absolute Gasteiger partial charge is 0.310 e. The molecule has 0 saturated heterocycles. The lowest BCUT2D eigenvalue weighted by molar-refractivity contribution is -0.772. The summed E-state index contributed by atoms with van der Waals surface area (Å²) in [6.07, 6.45) is 0.349. The summed E-state index contributed by atoms with van der Waals surface area (Å²) in [4.78, 5) is 14.5. The summed E-state index contributed by atoms with van der Waals surface area (Å²) in [6, 6.07) is 0. The first-order valence-electron chi connectivity index (χ1n) is 3.69. The van der Waals surface area contributed by atoms with Crippen molar-refractivity contribution in [2.75, 3.05) is 0 Å². The second-order valence-electron chi connectivity index (χ2n) is 3.59. The topological polar surface area (TPSA) is 52.4 Å². The zero-order valence-electron chi connectivity index (χ0n) is 7.46. The van der Waals surface area contributed by atoms with Crippen molar-refractivity contribution in [3.8, 4) is 0 Å². The normalized spacial score (nSPS) is 14.2. The minimum atomic E-state index is -0.723. The number of nitrogens with zero attached hydrogens (tertiary/aromatic N) is 1. The highest BCUT2D eigenvalue weighted by atomic mass is 17.0. The molecule has 0 fully saturated rings. The highest BCUT2D eigenvalue weighted by molar-refractivity contribution is 4.71. The predicted molar refractivity (Wildman–Crippen MR) is 41.6 cm³/mol. The summed E-state index contributed by atoms with van der Waals surface area (Å²) >= 11 is 0. The Morgan fingerprint density at radius 2 is 2.00 bits per heavy atom. The lowest BCUT2D eigenvalue weighted by Crippen LogP contribution is -2.30. The smallest absolute Gasteiger partial charge is 0.294 e. The Morgan fingerprint density at radius 1 is 1.55 bits per heavy atom. The van der Waals surface area contributed by atoms with E-state index in [1.54, 1.807) is 0 Å². The third kappa shape index (κ3) is 3.80. The molecule has 0 heterocycles. The fourth-order valence-corrected chi connectivity index (χ4v) is 0.949. The highest BCUT2D eigenvalue weighted by Crippen LogP contribution is 2.24. The molecule has 66 valence electrons. The fourth-order valence-electron chi connectivity index (χ4n) is 0.949. The molecule has 0 amide bonds. The van der Waals surface area contributed by atoms with Gasteiger partial charge in [0.2, 0.25) is 0 Å². The van der Waals surface area contributed by atoms with Crippen LogP contribution < -0.4 is 0 Å². The van der Waals surface area contributed by atoms with Gasteiger partial charge in [0.05, 0.1) is 0 Å². The second kappa shape index (κ2) is 3.55. The van der Waals surface area contributed by atoms with Crippen LogP contribution >= 0.6 is 0 Å². The van der Waals surface area contributed by atoms with Crippen LogP contribution in [0.3, 0.4) is 0 Å². The third-order valence-electron chi connectivity index (χ3n) is 1.55. The molecule has 0 aromatic heterocycles. The molecule has 0 saturated carbocycles. The first kappa shape index (κ1) is 10.2. The summed E-state index contributed by atoms with van der Waals surface area (Å²) < 4.78 is 0. The van der Waals surface area contributed by atoms with Crippen LogP contribution in [0.4, 0.5) is 0 Å². The molecule has 0 aliphatic rings. The molecule has 0 N–H and O–H groups in total. The number of hydrogen-bond donors (Lipinski definition) is 0. The first-order chi connectivity index (χ1) is 4.88. The summed E-state index contributed by atoms with van der Waals surface area (Å²) in [5.41, 5.74) is -0.165. The number of rotatable bonds is 3. The van der Waals surface area contributed by atoms with Crippen molar-refractivity contribution >= 4 is 0 Å². The van der Waals surface area contributed by atoms with Crippen LogP contribution in [0.1, 0.15) is 34.1 Å². The van der Waals surface area contributed by atoms with E-state index in [1.807, 2.05) is 27.7 Å². The molecule has 0 rings (SSSR count). The van der Waals surface area contributed by atoms with Crippen LogP contribution in [0.25, 0.3) is 0 Å². The van der Waals surface area contributed by atoms with Crippen LogP contribution in [-0.4, -0.2) is 11.2 Å².